The van der Waals surface area contributed by atoms with Crippen molar-refractivity contribution in [2.75, 3.05) is 43.0 Å². The number of hydrogen-bond acceptors (Lipinski definition) is 7. The minimum absolute atomic E-state index is 0.809. The molecule has 0 aromatic carbocycles. The van der Waals surface area contributed by atoms with Crippen molar-refractivity contribution < 1.29 is 0 Å². The van der Waals surface area contributed by atoms with E-state index in [0.717, 1.165) is 55.1 Å². The van der Waals surface area contributed by atoms with E-state index in [1.54, 1.807) is 11.3 Å². The second-order valence-corrected chi connectivity index (χ2v) is 5.97. The van der Waals surface area contributed by atoms with Gasteiger partial charge in [0.2, 0.25) is 5.95 Å². The van der Waals surface area contributed by atoms with Crippen LogP contribution in [0.1, 0.15) is 11.3 Å². The SMILES string of the molecule is CNCc1cnc(N2CCN(c3nccs3)CC2)nc1C. The Morgan fingerprint density at radius 3 is 2.57 bits per heavy atom. The Morgan fingerprint density at radius 2 is 1.95 bits per heavy atom. The molecule has 0 spiro atoms. The van der Waals surface area contributed by atoms with E-state index in [1.807, 2.05) is 31.7 Å². The number of aryl methyl sites for hydroxylation is 1. The fourth-order valence-electron chi connectivity index (χ4n) is 2.47. The molecule has 3 heterocycles. The van der Waals surface area contributed by atoms with Gasteiger partial charge in [-0.15, -0.1) is 11.3 Å². The molecular weight excluding hydrogens is 284 g/mol. The molecule has 3 rings (SSSR count). The van der Waals surface area contributed by atoms with Crippen LogP contribution in [0.2, 0.25) is 0 Å². The zero-order chi connectivity index (χ0) is 14.7. The van der Waals surface area contributed by atoms with Crippen molar-refractivity contribution >= 4 is 22.4 Å². The lowest BCUT2D eigenvalue weighted by Gasteiger charge is -2.34. The van der Waals surface area contributed by atoms with Crippen molar-refractivity contribution in [3.05, 3.63) is 29.0 Å². The maximum Gasteiger partial charge on any atom is 0.225 e. The van der Waals surface area contributed by atoms with Crippen LogP contribution in [0.25, 0.3) is 0 Å². The third kappa shape index (κ3) is 3.14. The van der Waals surface area contributed by atoms with E-state index in [0.29, 0.717) is 0 Å². The first-order chi connectivity index (χ1) is 10.3. The largest absolute Gasteiger partial charge is 0.345 e. The lowest BCUT2D eigenvalue weighted by atomic mass is 10.2. The number of hydrogen-bond donors (Lipinski definition) is 1. The van der Waals surface area contributed by atoms with Crippen LogP contribution >= 0.6 is 11.3 Å². The Kier molecular flexibility index (Phi) is 4.31. The number of nitrogens with one attached hydrogen (secondary N) is 1. The van der Waals surface area contributed by atoms with E-state index in [2.05, 4.69) is 30.1 Å². The normalized spacial score (nSPS) is 15.5. The molecule has 6 nitrogen and oxygen atoms in total. The van der Waals surface area contributed by atoms with Gasteiger partial charge in [0.15, 0.2) is 5.13 Å². The van der Waals surface area contributed by atoms with Gasteiger partial charge in [-0.25, -0.2) is 15.0 Å². The van der Waals surface area contributed by atoms with Gasteiger partial charge in [0.25, 0.3) is 0 Å². The number of aromatic nitrogens is 3. The van der Waals surface area contributed by atoms with Gasteiger partial charge in [-0.2, -0.15) is 0 Å². The van der Waals surface area contributed by atoms with Crippen LogP contribution in [-0.2, 0) is 6.54 Å². The first-order valence-electron chi connectivity index (χ1n) is 7.14. The molecule has 1 N–H and O–H groups in total. The quantitative estimate of drug-likeness (QED) is 0.918. The molecule has 2 aromatic rings. The molecule has 0 aliphatic carbocycles. The average Bonchev–Trinajstić information content (AvgIpc) is 3.04. The fraction of sp³-hybridized carbons (Fsp3) is 0.500. The molecule has 0 amide bonds. The maximum absolute atomic E-state index is 4.65. The van der Waals surface area contributed by atoms with Gasteiger partial charge in [0.1, 0.15) is 0 Å². The first-order valence-corrected chi connectivity index (χ1v) is 8.02. The predicted octanol–water partition coefficient (Wildman–Crippen LogP) is 1.29. The van der Waals surface area contributed by atoms with Crippen LogP contribution in [0.4, 0.5) is 11.1 Å². The smallest absolute Gasteiger partial charge is 0.225 e. The summed E-state index contributed by atoms with van der Waals surface area (Å²) in [7, 11) is 1.94. The van der Waals surface area contributed by atoms with Gasteiger partial charge in [0.05, 0.1) is 0 Å². The van der Waals surface area contributed by atoms with E-state index < -0.39 is 0 Å². The molecule has 0 radical (unpaired) electrons. The molecule has 1 aliphatic heterocycles. The molecule has 112 valence electrons. The topological polar surface area (TPSA) is 57.2 Å². The van der Waals surface area contributed by atoms with Gasteiger partial charge < -0.3 is 15.1 Å². The number of piperazine rings is 1. The van der Waals surface area contributed by atoms with Crippen molar-refractivity contribution in [1.82, 2.24) is 20.3 Å². The summed E-state index contributed by atoms with van der Waals surface area (Å²) < 4.78 is 0. The second kappa shape index (κ2) is 6.36. The van der Waals surface area contributed by atoms with Crippen molar-refractivity contribution in [3.8, 4) is 0 Å². The Hall–Kier alpha value is -1.73. The van der Waals surface area contributed by atoms with Gasteiger partial charge in [-0.3, -0.25) is 0 Å². The average molecular weight is 304 g/mol. The van der Waals surface area contributed by atoms with E-state index in [1.165, 1.54) is 0 Å². The van der Waals surface area contributed by atoms with Crippen LogP contribution < -0.4 is 15.1 Å². The molecule has 1 saturated heterocycles. The standard InChI is InChI=1S/C14H20N6S/c1-11-12(9-15-2)10-17-13(18-11)19-4-6-20(7-5-19)14-16-3-8-21-14/h3,8,10,15H,4-7,9H2,1-2H3. The van der Waals surface area contributed by atoms with E-state index in [-0.39, 0.29) is 0 Å². The summed E-state index contributed by atoms with van der Waals surface area (Å²) in [5.74, 6) is 0.839. The lowest BCUT2D eigenvalue weighted by Crippen LogP contribution is -2.47. The van der Waals surface area contributed by atoms with E-state index in [9.17, 15) is 0 Å². The molecule has 21 heavy (non-hydrogen) atoms. The molecular formula is C14H20N6S. The molecule has 0 bridgehead atoms. The monoisotopic (exact) mass is 304 g/mol. The third-order valence-electron chi connectivity index (χ3n) is 3.69. The molecule has 1 aliphatic rings. The Labute approximate surface area is 128 Å². The fourth-order valence-corrected chi connectivity index (χ4v) is 3.16. The summed E-state index contributed by atoms with van der Waals surface area (Å²) in [6.45, 7) is 6.66. The Morgan fingerprint density at radius 1 is 1.19 bits per heavy atom. The number of thiazole rings is 1. The van der Waals surface area contributed by atoms with Crippen LogP contribution in [0.15, 0.2) is 17.8 Å². The highest BCUT2D eigenvalue weighted by Gasteiger charge is 2.20. The van der Waals surface area contributed by atoms with Crippen molar-refractivity contribution in [1.29, 1.82) is 0 Å². The number of rotatable bonds is 4. The molecule has 0 atom stereocenters. The highest BCUT2D eigenvalue weighted by atomic mass is 32.1. The molecule has 0 saturated carbocycles. The summed E-state index contributed by atoms with van der Waals surface area (Å²) in [4.78, 5) is 18.1. The van der Waals surface area contributed by atoms with Crippen molar-refractivity contribution in [3.63, 3.8) is 0 Å². The van der Waals surface area contributed by atoms with Gasteiger partial charge in [-0.05, 0) is 14.0 Å². The Bertz CT molecular complexity index is 577. The summed E-state index contributed by atoms with van der Waals surface area (Å²) in [5.41, 5.74) is 2.21. The lowest BCUT2D eigenvalue weighted by molar-refractivity contribution is 0.636. The maximum atomic E-state index is 4.65. The summed E-state index contributed by atoms with van der Waals surface area (Å²) in [6.07, 6.45) is 3.79. The number of nitrogens with zero attached hydrogens (tertiary/aromatic N) is 5. The van der Waals surface area contributed by atoms with Crippen molar-refractivity contribution in [2.45, 2.75) is 13.5 Å². The van der Waals surface area contributed by atoms with Crippen LogP contribution in [0, 0.1) is 6.92 Å². The highest BCUT2D eigenvalue weighted by Crippen LogP contribution is 2.20. The second-order valence-electron chi connectivity index (χ2n) is 5.10. The zero-order valence-electron chi connectivity index (χ0n) is 12.4. The van der Waals surface area contributed by atoms with E-state index >= 15 is 0 Å². The molecule has 0 unspecified atom stereocenters. The van der Waals surface area contributed by atoms with Crippen molar-refractivity contribution in [2.24, 2.45) is 0 Å². The zero-order valence-corrected chi connectivity index (χ0v) is 13.2. The summed E-state index contributed by atoms with van der Waals surface area (Å²) in [6, 6.07) is 0. The Balaban J connectivity index is 1.65. The minimum Gasteiger partial charge on any atom is -0.345 e. The van der Waals surface area contributed by atoms with Crippen LogP contribution in [0.3, 0.4) is 0 Å². The van der Waals surface area contributed by atoms with Gasteiger partial charge in [0, 0.05) is 61.8 Å². The summed E-state index contributed by atoms with van der Waals surface area (Å²) >= 11 is 1.69. The molecule has 2 aromatic heterocycles. The van der Waals surface area contributed by atoms with Gasteiger partial charge in [-0.1, -0.05) is 0 Å². The third-order valence-corrected chi connectivity index (χ3v) is 4.52. The van der Waals surface area contributed by atoms with Crippen LogP contribution in [0.5, 0.6) is 0 Å². The summed E-state index contributed by atoms with van der Waals surface area (Å²) in [5, 5.41) is 6.27. The van der Waals surface area contributed by atoms with Crippen LogP contribution in [-0.4, -0.2) is 48.2 Å². The molecule has 1 fully saturated rings. The highest BCUT2D eigenvalue weighted by molar-refractivity contribution is 7.13. The number of anilines is 2. The minimum atomic E-state index is 0.809. The van der Waals surface area contributed by atoms with E-state index in [4.69, 9.17) is 0 Å². The van der Waals surface area contributed by atoms with Gasteiger partial charge >= 0.3 is 0 Å². The first kappa shape index (κ1) is 14.2. The molecule has 7 heteroatoms. The predicted molar refractivity (Wildman–Crippen MR) is 86.1 cm³/mol.